The molecular weight excluding hydrogens is 406 g/mol. The Morgan fingerprint density at radius 2 is 1.69 bits per heavy atom. The first-order valence-electron chi connectivity index (χ1n) is 10.1. The summed E-state index contributed by atoms with van der Waals surface area (Å²) in [5.41, 5.74) is 2.79. The largest absolute Gasteiger partial charge is 0.486 e. The van der Waals surface area contributed by atoms with Crippen LogP contribution in [0.1, 0.15) is 10.4 Å². The highest BCUT2D eigenvalue weighted by Gasteiger charge is 2.14. The van der Waals surface area contributed by atoms with Crippen LogP contribution < -0.4 is 19.5 Å². The Kier molecular flexibility index (Phi) is 5.36. The van der Waals surface area contributed by atoms with Crippen molar-refractivity contribution in [3.63, 3.8) is 0 Å². The van der Waals surface area contributed by atoms with Gasteiger partial charge in [0.1, 0.15) is 25.3 Å². The van der Waals surface area contributed by atoms with Crippen LogP contribution in [0.25, 0.3) is 11.3 Å². The molecule has 0 atom stereocenters. The maximum Gasteiger partial charge on any atom is 0.255 e. The highest BCUT2D eigenvalue weighted by atomic mass is 16.6. The second-order valence-electron chi connectivity index (χ2n) is 7.05. The van der Waals surface area contributed by atoms with Crippen molar-refractivity contribution in [2.45, 2.75) is 0 Å². The number of amides is 1. The Bertz CT molecular complexity index is 1260. The quantitative estimate of drug-likeness (QED) is 0.487. The van der Waals surface area contributed by atoms with E-state index in [0.29, 0.717) is 47.6 Å². The van der Waals surface area contributed by atoms with Crippen LogP contribution in [-0.2, 0) is 0 Å². The monoisotopic (exact) mass is 425 g/mol. The molecule has 3 aromatic carbocycles. The van der Waals surface area contributed by atoms with E-state index in [1.54, 1.807) is 48.5 Å². The Hall–Kier alpha value is -4.39. The van der Waals surface area contributed by atoms with Gasteiger partial charge >= 0.3 is 0 Å². The molecule has 0 radical (unpaired) electrons. The van der Waals surface area contributed by atoms with Crippen LogP contribution >= 0.6 is 0 Å². The van der Waals surface area contributed by atoms with Crippen molar-refractivity contribution in [3.05, 3.63) is 90.8 Å². The average molecular weight is 425 g/mol. The van der Waals surface area contributed by atoms with Gasteiger partial charge in [0.05, 0.1) is 5.69 Å². The maximum atomic E-state index is 12.8. The molecule has 0 spiro atoms. The van der Waals surface area contributed by atoms with E-state index >= 15 is 0 Å². The lowest BCUT2D eigenvalue weighted by atomic mass is 10.1. The first kappa shape index (κ1) is 19.6. The van der Waals surface area contributed by atoms with E-state index in [-0.39, 0.29) is 5.91 Å². The van der Waals surface area contributed by atoms with Crippen LogP contribution in [0, 0.1) is 0 Å². The van der Waals surface area contributed by atoms with E-state index < -0.39 is 0 Å². The molecule has 7 heteroatoms. The smallest absolute Gasteiger partial charge is 0.255 e. The van der Waals surface area contributed by atoms with Crippen molar-refractivity contribution in [1.82, 2.24) is 9.97 Å². The van der Waals surface area contributed by atoms with Crippen LogP contribution in [0.2, 0.25) is 0 Å². The van der Waals surface area contributed by atoms with Crippen molar-refractivity contribution in [1.29, 1.82) is 0 Å². The highest BCUT2D eigenvalue weighted by molar-refractivity contribution is 6.04. The molecule has 1 N–H and O–H groups in total. The lowest BCUT2D eigenvalue weighted by Crippen LogP contribution is -2.16. The SMILES string of the molecule is O=C(Nc1ccc2c(c1)OCCO2)c1cccc(Oc2cc(-c3ccccc3)ncn2)c1. The maximum absolute atomic E-state index is 12.8. The van der Waals surface area contributed by atoms with Crippen LogP contribution in [0.15, 0.2) is 85.2 Å². The zero-order valence-electron chi connectivity index (χ0n) is 17.0. The van der Waals surface area contributed by atoms with Gasteiger partial charge in [-0.2, -0.15) is 0 Å². The Morgan fingerprint density at radius 1 is 0.844 bits per heavy atom. The highest BCUT2D eigenvalue weighted by Crippen LogP contribution is 2.33. The number of anilines is 1. The lowest BCUT2D eigenvalue weighted by molar-refractivity contribution is 0.102. The zero-order chi connectivity index (χ0) is 21.8. The summed E-state index contributed by atoms with van der Waals surface area (Å²) in [5, 5.41) is 2.87. The summed E-state index contributed by atoms with van der Waals surface area (Å²) in [7, 11) is 0. The van der Waals surface area contributed by atoms with Gasteiger partial charge in [0.25, 0.3) is 5.91 Å². The summed E-state index contributed by atoms with van der Waals surface area (Å²) in [6.45, 7) is 1.00. The zero-order valence-corrected chi connectivity index (χ0v) is 17.0. The first-order valence-corrected chi connectivity index (χ1v) is 10.1. The molecule has 2 heterocycles. The minimum atomic E-state index is -0.264. The molecule has 7 nitrogen and oxygen atoms in total. The van der Waals surface area contributed by atoms with Crippen molar-refractivity contribution >= 4 is 11.6 Å². The number of rotatable bonds is 5. The Labute approximate surface area is 184 Å². The predicted octanol–water partition coefficient (Wildman–Crippen LogP) is 4.96. The molecule has 0 aliphatic carbocycles. The molecule has 0 unspecified atom stereocenters. The van der Waals surface area contributed by atoms with Crippen LogP contribution in [0.3, 0.4) is 0 Å². The molecule has 1 aromatic heterocycles. The van der Waals surface area contributed by atoms with Crippen LogP contribution in [0.5, 0.6) is 23.1 Å². The lowest BCUT2D eigenvalue weighted by Gasteiger charge is -2.19. The Balaban J connectivity index is 1.31. The van der Waals surface area contributed by atoms with Gasteiger partial charge in [0.2, 0.25) is 5.88 Å². The standard InChI is InChI=1S/C25H19N3O4/c29-25(28-19-9-10-22-23(14-19)31-12-11-30-22)18-7-4-8-20(13-18)32-24-15-21(26-16-27-24)17-5-2-1-3-6-17/h1-10,13-16H,11-12H2,(H,28,29). The number of carbonyl (C=O) groups excluding carboxylic acids is 1. The summed E-state index contributed by atoms with van der Waals surface area (Å²) in [6, 6.07) is 23.7. The Morgan fingerprint density at radius 3 is 2.56 bits per heavy atom. The third-order valence-corrected chi connectivity index (χ3v) is 4.83. The third-order valence-electron chi connectivity index (χ3n) is 4.83. The fourth-order valence-electron chi connectivity index (χ4n) is 3.31. The van der Waals surface area contributed by atoms with Crippen molar-refractivity contribution < 1.29 is 19.0 Å². The van der Waals surface area contributed by atoms with Gasteiger partial charge in [-0.05, 0) is 30.3 Å². The number of hydrogen-bond acceptors (Lipinski definition) is 6. The molecule has 0 fully saturated rings. The van der Waals surface area contributed by atoms with Crippen molar-refractivity contribution in [2.75, 3.05) is 18.5 Å². The summed E-state index contributed by atoms with van der Waals surface area (Å²) >= 11 is 0. The van der Waals surface area contributed by atoms with Gasteiger partial charge in [-0.25, -0.2) is 9.97 Å². The number of carbonyl (C=O) groups is 1. The molecular formula is C25H19N3O4. The number of fused-ring (bicyclic) bond motifs is 1. The summed E-state index contributed by atoms with van der Waals surface area (Å²) in [4.78, 5) is 21.2. The summed E-state index contributed by atoms with van der Waals surface area (Å²) < 4.78 is 17.0. The first-order chi connectivity index (χ1) is 15.7. The van der Waals surface area contributed by atoms with Gasteiger partial charge in [-0.3, -0.25) is 4.79 Å². The fraction of sp³-hybridized carbons (Fsp3) is 0.0800. The normalized spacial score (nSPS) is 12.1. The van der Waals surface area contributed by atoms with Gasteiger partial charge in [0.15, 0.2) is 11.5 Å². The number of nitrogens with zero attached hydrogens (tertiary/aromatic N) is 2. The average Bonchev–Trinajstić information content (AvgIpc) is 2.85. The second kappa shape index (κ2) is 8.77. The molecule has 32 heavy (non-hydrogen) atoms. The third kappa shape index (κ3) is 4.37. The molecule has 5 rings (SSSR count). The molecule has 0 saturated carbocycles. The number of hydrogen-bond donors (Lipinski definition) is 1. The van der Waals surface area contributed by atoms with E-state index in [1.807, 2.05) is 30.3 Å². The second-order valence-corrected chi connectivity index (χ2v) is 7.05. The van der Waals surface area contributed by atoms with Crippen LogP contribution in [-0.4, -0.2) is 29.1 Å². The topological polar surface area (TPSA) is 82.6 Å². The van der Waals surface area contributed by atoms with Gasteiger partial charge in [-0.15, -0.1) is 0 Å². The molecule has 158 valence electrons. The van der Waals surface area contributed by atoms with E-state index in [9.17, 15) is 4.79 Å². The fourth-order valence-corrected chi connectivity index (χ4v) is 3.31. The summed E-state index contributed by atoms with van der Waals surface area (Å²) in [6.07, 6.45) is 1.45. The number of aromatic nitrogens is 2. The molecule has 4 aromatic rings. The predicted molar refractivity (Wildman–Crippen MR) is 119 cm³/mol. The van der Waals surface area contributed by atoms with E-state index in [4.69, 9.17) is 14.2 Å². The molecule has 1 aliphatic heterocycles. The molecule has 0 bridgehead atoms. The van der Waals surface area contributed by atoms with Crippen LogP contribution in [0.4, 0.5) is 5.69 Å². The van der Waals surface area contributed by atoms with Gasteiger partial charge in [-0.1, -0.05) is 36.4 Å². The van der Waals surface area contributed by atoms with Gasteiger partial charge in [0, 0.05) is 28.9 Å². The minimum Gasteiger partial charge on any atom is -0.486 e. The van der Waals surface area contributed by atoms with E-state index in [1.165, 1.54) is 6.33 Å². The molecule has 1 amide bonds. The van der Waals surface area contributed by atoms with Crippen molar-refractivity contribution in [2.24, 2.45) is 0 Å². The van der Waals surface area contributed by atoms with E-state index in [0.717, 1.165) is 11.3 Å². The molecule has 1 aliphatic rings. The molecule has 0 saturated heterocycles. The number of benzene rings is 3. The van der Waals surface area contributed by atoms with E-state index in [2.05, 4.69) is 15.3 Å². The van der Waals surface area contributed by atoms with Crippen molar-refractivity contribution in [3.8, 4) is 34.4 Å². The number of nitrogens with one attached hydrogen (secondary N) is 1. The number of ether oxygens (including phenoxy) is 3. The summed E-state index contributed by atoms with van der Waals surface area (Å²) in [5.74, 6) is 1.91. The minimum absolute atomic E-state index is 0.264. The van der Waals surface area contributed by atoms with Gasteiger partial charge < -0.3 is 19.5 Å².